The first-order valence-corrected chi connectivity index (χ1v) is 12.4. The predicted octanol–water partition coefficient (Wildman–Crippen LogP) is 4.47. The van der Waals surface area contributed by atoms with Gasteiger partial charge in [0, 0.05) is 31.3 Å². The van der Waals surface area contributed by atoms with Gasteiger partial charge in [0.2, 0.25) is 5.91 Å². The average molecular weight is 485 g/mol. The lowest BCUT2D eigenvalue weighted by Crippen LogP contribution is -2.50. The molecule has 2 aromatic carbocycles. The highest BCUT2D eigenvalue weighted by Crippen LogP contribution is 2.32. The molecule has 4 rings (SSSR count). The van der Waals surface area contributed by atoms with Gasteiger partial charge in [0.1, 0.15) is 17.4 Å². The second-order valence-corrected chi connectivity index (χ2v) is 9.53. The molecular weight excluding hydrogens is 450 g/mol. The Labute approximate surface area is 206 Å². The van der Waals surface area contributed by atoms with Gasteiger partial charge in [0.05, 0.1) is 13.7 Å². The van der Waals surface area contributed by atoms with E-state index in [0.717, 1.165) is 50.6 Å². The number of rotatable bonds is 7. The van der Waals surface area contributed by atoms with Gasteiger partial charge >= 0.3 is 0 Å². The molecule has 0 aliphatic carbocycles. The zero-order valence-electron chi connectivity index (χ0n) is 20.2. The molecule has 7 heteroatoms. The molecule has 2 aliphatic rings. The number of methoxy groups -OCH3 is 1. The van der Waals surface area contributed by atoms with E-state index < -0.39 is 11.6 Å². The van der Waals surface area contributed by atoms with Gasteiger partial charge in [-0.25, -0.2) is 8.78 Å². The largest absolute Gasteiger partial charge is 0.497 e. The molecule has 0 aromatic heterocycles. The van der Waals surface area contributed by atoms with Crippen LogP contribution in [0.3, 0.4) is 0 Å². The van der Waals surface area contributed by atoms with E-state index in [1.165, 1.54) is 29.8 Å². The number of nitrogens with zero attached hydrogens (tertiary/aromatic N) is 2. The third-order valence-electron chi connectivity index (χ3n) is 7.47. The average Bonchev–Trinajstić information content (AvgIpc) is 2.88. The summed E-state index contributed by atoms with van der Waals surface area (Å²) >= 11 is 0. The molecule has 2 aliphatic heterocycles. The lowest BCUT2D eigenvalue weighted by molar-refractivity contribution is -0.127. The fourth-order valence-corrected chi connectivity index (χ4v) is 5.45. The van der Waals surface area contributed by atoms with Crippen LogP contribution in [0, 0.1) is 17.6 Å². The van der Waals surface area contributed by atoms with E-state index in [-0.39, 0.29) is 18.6 Å². The standard InChI is InChI=1S/C28H34F2N2O3/c1-35-26-5-3-21(4-6-26)22-8-12-31(13-9-22)27(19-33)23-10-14-32(15-11-23)28(34)7-2-20-16-24(29)18-25(30)17-20/h2-7,16-18,22-23,27,33H,8-15,19H2,1H3/t27-/m1/s1. The Morgan fingerprint density at radius 3 is 2.23 bits per heavy atom. The van der Waals surface area contributed by atoms with Gasteiger partial charge in [-0.1, -0.05) is 12.1 Å². The van der Waals surface area contributed by atoms with Gasteiger partial charge in [-0.2, -0.15) is 0 Å². The summed E-state index contributed by atoms with van der Waals surface area (Å²) in [7, 11) is 1.68. The monoisotopic (exact) mass is 484 g/mol. The number of benzene rings is 2. The summed E-state index contributed by atoms with van der Waals surface area (Å²) in [5.74, 6) is 0.239. The first-order chi connectivity index (χ1) is 17.0. The number of piperidine rings is 2. The van der Waals surface area contributed by atoms with Crippen LogP contribution in [0.2, 0.25) is 0 Å². The lowest BCUT2D eigenvalue weighted by atomic mass is 9.85. The van der Waals surface area contributed by atoms with E-state index in [2.05, 4.69) is 17.0 Å². The van der Waals surface area contributed by atoms with Crippen LogP contribution in [0.4, 0.5) is 8.78 Å². The molecule has 0 radical (unpaired) electrons. The van der Waals surface area contributed by atoms with E-state index in [1.54, 1.807) is 12.0 Å². The zero-order chi connectivity index (χ0) is 24.8. The lowest BCUT2D eigenvalue weighted by Gasteiger charge is -2.43. The van der Waals surface area contributed by atoms with E-state index in [0.29, 0.717) is 30.5 Å². The van der Waals surface area contributed by atoms with Crippen molar-refractivity contribution in [3.63, 3.8) is 0 Å². The first kappa shape index (κ1) is 25.3. The minimum Gasteiger partial charge on any atom is -0.497 e. The number of carbonyl (C=O) groups excluding carboxylic acids is 1. The SMILES string of the molecule is COc1ccc(C2CCN([C@H](CO)C3CCN(C(=O)C=Cc4cc(F)cc(F)c4)CC3)CC2)cc1. The molecule has 0 unspecified atom stereocenters. The van der Waals surface area contributed by atoms with Crippen molar-refractivity contribution in [2.45, 2.75) is 37.6 Å². The molecule has 1 amide bonds. The molecule has 0 saturated carbocycles. The van der Waals surface area contributed by atoms with Crippen molar-refractivity contribution in [1.29, 1.82) is 0 Å². The first-order valence-electron chi connectivity index (χ1n) is 12.4. The fraction of sp³-hybridized carbons (Fsp3) is 0.464. The highest BCUT2D eigenvalue weighted by atomic mass is 19.1. The molecule has 5 nitrogen and oxygen atoms in total. The maximum Gasteiger partial charge on any atom is 0.246 e. The van der Waals surface area contributed by atoms with Crippen LogP contribution in [0.15, 0.2) is 48.5 Å². The minimum atomic E-state index is -0.666. The number of halogens is 2. The molecule has 2 aromatic rings. The van der Waals surface area contributed by atoms with Crippen molar-refractivity contribution in [2.75, 3.05) is 39.9 Å². The number of carbonyl (C=O) groups is 1. The van der Waals surface area contributed by atoms with Gasteiger partial charge in [0.15, 0.2) is 0 Å². The second kappa shape index (κ2) is 11.8. The maximum atomic E-state index is 13.4. The Kier molecular flexibility index (Phi) is 8.52. The number of ether oxygens (including phenoxy) is 1. The number of hydrogen-bond donors (Lipinski definition) is 1. The van der Waals surface area contributed by atoms with E-state index in [4.69, 9.17) is 4.74 Å². The zero-order valence-corrected chi connectivity index (χ0v) is 20.2. The number of aliphatic hydroxyl groups excluding tert-OH is 1. The molecule has 2 heterocycles. The molecular formula is C28H34F2N2O3. The van der Waals surface area contributed by atoms with Crippen molar-refractivity contribution in [2.24, 2.45) is 5.92 Å². The summed E-state index contributed by atoms with van der Waals surface area (Å²) in [5.41, 5.74) is 1.66. The Morgan fingerprint density at radius 1 is 1.03 bits per heavy atom. The van der Waals surface area contributed by atoms with Crippen LogP contribution in [-0.2, 0) is 4.79 Å². The van der Waals surface area contributed by atoms with Crippen LogP contribution in [0.5, 0.6) is 5.75 Å². The molecule has 2 saturated heterocycles. The van der Waals surface area contributed by atoms with Crippen molar-refractivity contribution in [3.05, 3.63) is 71.3 Å². The molecule has 35 heavy (non-hydrogen) atoms. The number of amides is 1. The van der Waals surface area contributed by atoms with Gasteiger partial charge in [-0.05, 0) is 92.1 Å². The summed E-state index contributed by atoms with van der Waals surface area (Å²) in [4.78, 5) is 16.8. The van der Waals surface area contributed by atoms with Crippen molar-refractivity contribution >= 4 is 12.0 Å². The summed E-state index contributed by atoms with van der Waals surface area (Å²) in [5, 5.41) is 10.2. The van der Waals surface area contributed by atoms with E-state index in [1.807, 2.05) is 12.1 Å². The molecule has 1 atom stereocenters. The highest BCUT2D eigenvalue weighted by Gasteiger charge is 2.33. The van der Waals surface area contributed by atoms with Gasteiger partial charge in [0.25, 0.3) is 0 Å². The van der Waals surface area contributed by atoms with Crippen molar-refractivity contribution < 1.29 is 23.4 Å². The van der Waals surface area contributed by atoms with Crippen molar-refractivity contribution in [3.8, 4) is 5.75 Å². The molecule has 0 bridgehead atoms. The van der Waals surface area contributed by atoms with Gasteiger partial charge < -0.3 is 14.7 Å². The Bertz CT molecular complexity index is 991. The Balaban J connectivity index is 1.27. The quantitative estimate of drug-likeness (QED) is 0.590. The normalized spacial score (nSPS) is 19.3. The Morgan fingerprint density at radius 2 is 1.66 bits per heavy atom. The smallest absolute Gasteiger partial charge is 0.246 e. The van der Waals surface area contributed by atoms with E-state index >= 15 is 0 Å². The number of aliphatic hydroxyl groups is 1. The van der Waals surface area contributed by atoms with Crippen LogP contribution in [0.25, 0.3) is 6.08 Å². The summed E-state index contributed by atoms with van der Waals surface area (Å²) in [6.45, 7) is 3.26. The third-order valence-corrected chi connectivity index (χ3v) is 7.47. The Hall–Kier alpha value is -2.77. The number of hydrogen-bond acceptors (Lipinski definition) is 4. The number of likely N-dealkylation sites (tertiary alicyclic amines) is 2. The van der Waals surface area contributed by atoms with Gasteiger partial charge in [-0.3, -0.25) is 9.69 Å². The van der Waals surface area contributed by atoms with Crippen LogP contribution < -0.4 is 4.74 Å². The van der Waals surface area contributed by atoms with Crippen LogP contribution in [-0.4, -0.2) is 66.8 Å². The predicted molar refractivity (Wildman–Crippen MR) is 132 cm³/mol. The van der Waals surface area contributed by atoms with Crippen LogP contribution >= 0.6 is 0 Å². The summed E-state index contributed by atoms with van der Waals surface area (Å²) in [6.07, 6.45) is 6.61. The van der Waals surface area contributed by atoms with Crippen molar-refractivity contribution in [1.82, 2.24) is 9.80 Å². The maximum absolute atomic E-state index is 13.4. The van der Waals surface area contributed by atoms with E-state index in [9.17, 15) is 18.7 Å². The summed E-state index contributed by atoms with van der Waals surface area (Å²) in [6, 6.07) is 11.6. The molecule has 1 N–H and O–H groups in total. The highest BCUT2D eigenvalue weighted by molar-refractivity contribution is 5.91. The third kappa shape index (κ3) is 6.47. The van der Waals surface area contributed by atoms with Crippen LogP contribution in [0.1, 0.15) is 42.7 Å². The second-order valence-electron chi connectivity index (χ2n) is 9.53. The molecule has 0 spiro atoms. The van der Waals surface area contributed by atoms with Gasteiger partial charge in [-0.15, -0.1) is 0 Å². The topological polar surface area (TPSA) is 53.0 Å². The minimum absolute atomic E-state index is 0.106. The fourth-order valence-electron chi connectivity index (χ4n) is 5.45. The molecule has 2 fully saturated rings. The summed E-state index contributed by atoms with van der Waals surface area (Å²) < 4.78 is 32.0. The molecule has 188 valence electrons.